The van der Waals surface area contributed by atoms with Crippen molar-refractivity contribution in [1.82, 2.24) is 5.32 Å². The van der Waals surface area contributed by atoms with Crippen LogP contribution in [0.4, 0.5) is 5.00 Å². The number of rotatable bonds is 11. The van der Waals surface area contributed by atoms with Crippen LogP contribution in [0.5, 0.6) is 0 Å². The third kappa shape index (κ3) is 8.29. The zero-order valence-electron chi connectivity index (χ0n) is 21.6. The normalized spacial score (nSPS) is 11.5. The number of thiophene rings is 1. The molecule has 8 nitrogen and oxygen atoms in total. The van der Waals surface area contributed by atoms with Gasteiger partial charge in [0.2, 0.25) is 0 Å². The molecule has 0 saturated carbocycles. The predicted molar refractivity (Wildman–Crippen MR) is 152 cm³/mol. The molecule has 11 heteroatoms. The van der Waals surface area contributed by atoms with Crippen molar-refractivity contribution in [3.8, 4) is 11.1 Å². The highest BCUT2D eigenvalue weighted by Crippen LogP contribution is 2.39. The Morgan fingerprint density at radius 1 is 0.949 bits per heavy atom. The number of benzene rings is 2. The van der Waals surface area contributed by atoms with E-state index >= 15 is 0 Å². The lowest BCUT2D eigenvalue weighted by atomic mass is 10.0. The largest absolute Gasteiger partial charge is 0.462 e. The summed E-state index contributed by atoms with van der Waals surface area (Å²) in [7, 11) is 0. The number of ether oxygens (including phenoxy) is 2. The molecule has 2 N–H and O–H groups in total. The molecule has 0 saturated heterocycles. The second-order valence-electron chi connectivity index (χ2n) is 8.87. The van der Waals surface area contributed by atoms with E-state index in [0.29, 0.717) is 33.2 Å². The highest BCUT2D eigenvalue weighted by molar-refractivity contribution is 7.15. The van der Waals surface area contributed by atoms with Crippen LogP contribution in [0.15, 0.2) is 53.9 Å². The van der Waals surface area contributed by atoms with Gasteiger partial charge in [0.1, 0.15) is 16.6 Å². The monoisotopic (exact) mass is 590 g/mol. The van der Waals surface area contributed by atoms with Crippen LogP contribution >= 0.6 is 34.5 Å². The van der Waals surface area contributed by atoms with Gasteiger partial charge in [0, 0.05) is 32.1 Å². The van der Waals surface area contributed by atoms with E-state index in [1.165, 1.54) is 0 Å². The maximum atomic E-state index is 12.8. The summed E-state index contributed by atoms with van der Waals surface area (Å²) in [4.78, 5) is 50.9. The lowest BCUT2D eigenvalue weighted by Crippen LogP contribution is -2.43. The van der Waals surface area contributed by atoms with Gasteiger partial charge in [0.15, 0.2) is 6.61 Å². The second kappa shape index (κ2) is 14.1. The van der Waals surface area contributed by atoms with E-state index in [9.17, 15) is 19.2 Å². The summed E-state index contributed by atoms with van der Waals surface area (Å²) in [6.07, 6.45) is 0.304. The molecular formula is C28H28Cl2N2O6S. The molecule has 1 unspecified atom stereocenters. The van der Waals surface area contributed by atoms with E-state index in [-0.39, 0.29) is 23.1 Å². The van der Waals surface area contributed by atoms with E-state index in [0.717, 1.165) is 11.3 Å². The summed E-state index contributed by atoms with van der Waals surface area (Å²) < 4.78 is 10.4. The van der Waals surface area contributed by atoms with Gasteiger partial charge in [-0.1, -0.05) is 55.2 Å². The summed E-state index contributed by atoms with van der Waals surface area (Å²) in [5.74, 6) is -2.45. The van der Waals surface area contributed by atoms with E-state index in [1.807, 2.05) is 13.8 Å². The zero-order chi connectivity index (χ0) is 28.5. The molecular weight excluding hydrogens is 563 g/mol. The Morgan fingerprint density at radius 2 is 1.64 bits per heavy atom. The molecule has 0 spiro atoms. The summed E-state index contributed by atoms with van der Waals surface area (Å²) in [5, 5.41) is 8.13. The summed E-state index contributed by atoms with van der Waals surface area (Å²) in [6, 6.07) is 12.3. The van der Waals surface area contributed by atoms with Gasteiger partial charge < -0.3 is 20.1 Å². The number of hydrogen-bond acceptors (Lipinski definition) is 7. The average Bonchev–Trinajstić information content (AvgIpc) is 3.30. The molecule has 0 radical (unpaired) electrons. The summed E-state index contributed by atoms with van der Waals surface area (Å²) >= 11 is 13.3. The van der Waals surface area contributed by atoms with Crippen LogP contribution < -0.4 is 10.6 Å². The third-order valence-corrected chi connectivity index (χ3v) is 6.91. The molecule has 0 aliphatic heterocycles. The Morgan fingerprint density at radius 3 is 2.28 bits per heavy atom. The summed E-state index contributed by atoms with van der Waals surface area (Å²) in [5.41, 5.74) is 1.61. The first kappa shape index (κ1) is 30.1. The first-order chi connectivity index (χ1) is 18.6. The number of halogens is 2. The van der Waals surface area contributed by atoms with Gasteiger partial charge in [-0.3, -0.25) is 9.59 Å². The molecule has 2 amide bonds. The zero-order valence-corrected chi connectivity index (χ0v) is 23.9. The van der Waals surface area contributed by atoms with Crippen LogP contribution in [0.25, 0.3) is 11.1 Å². The molecule has 0 bridgehead atoms. The fourth-order valence-electron chi connectivity index (χ4n) is 3.66. The fraction of sp³-hybridized carbons (Fsp3) is 0.286. The van der Waals surface area contributed by atoms with Crippen molar-refractivity contribution >= 4 is 63.3 Å². The van der Waals surface area contributed by atoms with Crippen LogP contribution in [-0.2, 0) is 19.1 Å². The van der Waals surface area contributed by atoms with Crippen LogP contribution in [0, 0.1) is 5.92 Å². The minimum atomic E-state index is -0.968. The van der Waals surface area contributed by atoms with Crippen molar-refractivity contribution in [2.45, 2.75) is 33.2 Å². The van der Waals surface area contributed by atoms with Crippen molar-refractivity contribution in [1.29, 1.82) is 0 Å². The molecule has 2 aromatic carbocycles. The molecule has 1 heterocycles. The number of nitrogens with one attached hydrogen (secondary N) is 2. The van der Waals surface area contributed by atoms with Crippen LogP contribution in [0.1, 0.15) is 47.9 Å². The Balaban J connectivity index is 1.70. The molecule has 39 heavy (non-hydrogen) atoms. The number of carbonyl (C=O) groups excluding carboxylic acids is 4. The molecule has 206 valence electrons. The van der Waals surface area contributed by atoms with E-state index in [1.54, 1.807) is 60.8 Å². The van der Waals surface area contributed by atoms with Crippen molar-refractivity contribution in [2.24, 2.45) is 5.92 Å². The highest BCUT2D eigenvalue weighted by Gasteiger charge is 2.27. The molecule has 0 aliphatic rings. The molecule has 0 aliphatic carbocycles. The molecule has 1 aromatic heterocycles. The highest BCUT2D eigenvalue weighted by atomic mass is 35.5. The standard InChI is InChI=1S/C28H28Cl2N2O6S/c1-4-37-28(36)24-20(19-7-5-6-8-21(19)30)15-39-26(24)32-23(33)14-38-27(35)22(13-16(2)3)31-25(34)17-9-11-18(29)12-10-17/h5-12,15-16,22H,4,13-14H2,1-3H3,(H,31,34)(H,32,33). The van der Waals surface area contributed by atoms with Gasteiger partial charge in [-0.15, -0.1) is 11.3 Å². The molecule has 0 fully saturated rings. The van der Waals surface area contributed by atoms with Crippen molar-refractivity contribution in [3.63, 3.8) is 0 Å². The molecule has 3 rings (SSSR count). The minimum absolute atomic E-state index is 0.0587. The van der Waals surface area contributed by atoms with Gasteiger partial charge >= 0.3 is 11.9 Å². The van der Waals surface area contributed by atoms with E-state index in [4.69, 9.17) is 32.7 Å². The topological polar surface area (TPSA) is 111 Å². The maximum Gasteiger partial charge on any atom is 0.341 e. The van der Waals surface area contributed by atoms with Crippen LogP contribution in [0.3, 0.4) is 0 Å². The first-order valence-corrected chi connectivity index (χ1v) is 13.8. The predicted octanol–water partition coefficient (Wildman–Crippen LogP) is 6.23. The van der Waals surface area contributed by atoms with E-state index < -0.39 is 36.4 Å². The number of amides is 2. The third-order valence-electron chi connectivity index (χ3n) is 5.44. The molecule has 3 aromatic rings. The lowest BCUT2D eigenvalue weighted by molar-refractivity contribution is -0.149. The maximum absolute atomic E-state index is 12.8. The van der Waals surface area contributed by atoms with E-state index in [2.05, 4.69) is 10.6 Å². The van der Waals surface area contributed by atoms with Crippen molar-refractivity contribution in [2.75, 3.05) is 18.5 Å². The number of anilines is 1. The number of esters is 2. The van der Waals surface area contributed by atoms with Crippen molar-refractivity contribution < 1.29 is 28.7 Å². The second-order valence-corrected chi connectivity index (χ2v) is 10.6. The minimum Gasteiger partial charge on any atom is -0.462 e. The Hall–Kier alpha value is -3.40. The van der Waals surface area contributed by atoms with Crippen molar-refractivity contribution in [3.05, 3.63) is 75.1 Å². The smallest absolute Gasteiger partial charge is 0.341 e. The average molecular weight is 592 g/mol. The Bertz CT molecular complexity index is 1340. The lowest BCUT2D eigenvalue weighted by Gasteiger charge is -2.19. The number of hydrogen-bond donors (Lipinski definition) is 2. The number of carbonyl (C=O) groups is 4. The van der Waals surface area contributed by atoms with Gasteiger partial charge in [-0.05, 0) is 49.6 Å². The summed E-state index contributed by atoms with van der Waals surface area (Å²) in [6.45, 7) is 4.99. The SMILES string of the molecule is CCOC(=O)c1c(-c2ccccc2Cl)csc1NC(=O)COC(=O)C(CC(C)C)NC(=O)c1ccc(Cl)cc1. The van der Waals surface area contributed by atoms with Crippen LogP contribution in [-0.4, -0.2) is 43.0 Å². The first-order valence-electron chi connectivity index (χ1n) is 12.2. The van der Waals surface area contributed by atoms with Gasteiger partial charge in [0.25, 0.3) is 11.8 Å². The van der Waals surface area contributed by atoms with Gasteiger partial charge in [-0.25, -0.2) is 9.59 Å². The fourth-order valence-corrected chi connectivity index (χ4v) is 4.99. The Labute approximate surface area is 240 Å². The quantitative estimate of drug-likeness (QED) is 0.256. The van der Waals surface area contributed by atoms with Gasteiger partial charge in [0.05, 0.1) is 6.61 Å². The molecule has 1 atom stereocenters. The van der Waals surface area contributed by atoms with Gasteiger partial charge in [-0.2, -0.15) is 0 Å². The Kier molecular flexibility index (Phi) is 10.9. The van der Waals surface area contributed by atoms with Crippen LogP contribution in [0.2, 0.25) is 10.0 Å².